The van der Waals surface area contributed by atoms with Gasteiger partial charge in [0.25, 0.3) is 0 Å². The summed E-state index contributed by atoms with van der Waals surface area (Å²) in [6, 6.07) is 6.10. The highest BCUT2D eigenvalue weighted by atomic mass is 32.2. The Hall–Kier alpha value is -1.20. The maximum absolute atomic E-state index is 11.8. The Kier molecular flexibility index (Phi) is 3.43. The van der Waals surface area contributed by atoms with Gasteiger partial charge in [-0.25, -0.2) is 0 Å². The normalized spacial score (nSPS) is 21.4. The Labute approximate surface area is 110 Å². The third-order valence-corrected chi connectivity index (χ3v) is 4.19. The molecule has 1 atom stereocenters. The molecule has 5 heteroatoms. The van der Waals surface area contributed by atoms with Gasteiger partial charge >= 0.3 is 0 Å². The monoisotopic (exact) mass is 264 g/mol. The number of carbonyl (C=O) groups excluding carboxylic acids is 1. The number of amides is 1. The first-order valence-corrected chi connectivity index (χ1v) is 7.32. The summed E-state index contributed by atoms with van der Waals surface area (Å²) in [6.45, 7) is 1.36. The van der Waals surface area contributed by atoms with Crippen molar-refractivity contribution in [2.24, 2.45) is 0 Å². The summed E-state index contributed by atoms with van der Waals surface area (Å²) in [7, 11) is 0. The zero-order valence-corrected chi connectivity index (χ0v) is 10.9. The summed E-state index contributed by atoms with van der Waals surface area (Å²) in [5.41, 5.74) is 2.38. The topological polar surface area (TPSA) is 50.4 Å². The molecule has 2 aliphatic rings. The molecule has 2 N–H and O–H groups in total. The number of ether oxygens (including phenoxy) is 1. The van der Waals surface area contributed by atoms with Gasteiger partial charge in [-0.1, -0.05) is 12.1 Å². The maximum Gasteiger partial charge on any atom is 0.238 e. The van der Waals surface area contributed by atoms with Crippen LogP contribution in [0.4, 0.5) is 0 Å². The van der Waals surface area contributed by atoms with Crippen LogP contribution < -0.4 is 15.4 Å². The zero-order valence-electron chi connectivity index (χ0n) is 10.1. The molecule has 0 spiro atoms. The second kappa shape index (κ2) is 5.20. The van der Waals surface area contributed by atoms with Crippen LogP contribution in [0.5, 0.6) is 5.75 Å². The molecule has 1 aromatic rings. The van der Waals surface area contributed by atoms with Crippen molar-refractivity contribution in [3.63, 3.8) is 0 Å². The lowest BCUT2D eigenvalue weighted by atomic mass is 10.1. The first-order valence-electron chi connectivity index (χ1n) is 6.16. The van der Waals surface area contributed by atoms with Crippen LogP contribution in [-0.4, -0.2) is 30.2 Å². The Bertz CT molecular complexity index is 458. The van der Waals surface area contributed by atoms with E-state index < -0.39 is 0 Å². The van der Waals surface area contributed by atoms with Gasteiger partial charge in [0, 0.05) is 24.6 Å². The van der Waals surface area contributed by atoms with Crippen LogP contribution in [0, 0.1) is 0 Å². The van der Waals surface area contributed by atoms with Crippen molar-refractivity contribution in [2.45, 2.75) is 19.0 Å². The van der Waals surface area contributed by atoms with Gasteiger partial charge in [-0.3, -0.25) is 10.1 Å². The van der Waals surface area contributed by atoms with Crippen LogP contribution in [0.3, 0.4) is 0 Å². The van der Waals surface area contributed by atoms with Gasteiger partial charge in [-0.05, 0) is 17.2 Å². The number of nitrogens with one attached hydrogen (secondary N) is 2. The van der Waals surface area contributed by atoms with Gasteiger partial charge < -0.3 is 10.1 Å². The fourth-order valence-corrected chi connectivity index (χ4v) is 3.17. The molecular formula is C13H16N2O2S. The van der Waals surface area contributed by atoms with Crippen LogP contribution in [0.2, 0.25) is 0 Å². The molecule has 1 unspecified atom stereocenters. The van der Waals surface area contributed by atoms with Crippen molar-refractivity contribution in [2.75, 3.05) is 18.2 Å². The lowest BCUT2D eigenvalue weighted by molar-refractivity contribution is -0.122. The van der Waals surface area contributed by atoms with Crippen molar-refractivity contribution >= 4 is 17.7 Å². The van der Waals surface area contributed by atoms with E-state index in [1.807, 2.05) is 12.1 Å². The van der Waals surface area contributed by atoms with Crippen molar-refractivity contribution in [1.29, 1.82) is 0 Å². The minimum absolute atomic E-state index is 0.0345. The number of rotatable bonds is 3. The molecular weight excluding hydrogens is 248 g/mol. The molecule has 1 fully saturated rings. The van der Waals surface area contributed by atoms with Gasteiger partial charge in [0.1, 0.15) is 5.75 Å². The summed E-state index contributed by atoms with van der Waals surface area (Å²) in [6.07, 6.45) is 0.970. The van der Waals surface area contributed by atoms with Crippen LogP contribution >= 0.6 is 11.8 Å². The van der Waals surface area contributed by atoms with Crippen LogP contribution in [0.1, 0.15) is 11.1 Å². The van der Waals surface area contributed by atoms with E-state index in [1.54, 1.807) is 11.8 Å². The van der Waals surface area contributed by atoms with Crippen LogP contribution in [0.15, 0.2) is 18.2 Å². The molecule has 96 valence electrons. The number of hydrogen-bond donors (Lipinski definition) is 2. The summed E-state index contributed by atoms with van der Waals surface area (Å²) in [4.78, 5) is 11.8. The number of hydrogen-bond acceptors (Lipinski definition) is 4. The standard InChI is InChI=1S/C13H16N2O2S/c16-13(11-7-18-8-15-11)14-6-9-1-2-12-10(5-9)3-4-17-12/h1-2,5,11,15H,3-4,6-8H2,(H,14,16). The molecule has 2 aliphatic heterocycles. The zero-order chi connectivity index (χ0) is 12.4. The minimum atomic E-state index is -0.0345. The van der Waals surface area contributed by atoms with E-state index in [0.29, 0.717) is 6.54 Å². The summed E-state index contributed by atoms with van der Waals surface area (Å²) < 4.78 is 5.46. The molecule has 3 rings (SSSR count). The van der Waals surface area contributed by atoms with Gasteiger partial charge in [0.15, 0.2) is 0 Å². The minimum Gasteiger partial charge on any atom is -0.493 e. The third-order valence-electron chi connectivity index (χ3n) is 3.25. The van der Waals surface area contributed by atoms with Crippen molar-refractivity contribution in [1.82, 2.24) is 10.6 Å². The second-order valence-corrected chi connectivity index (χ2v) is 5.56. The number of fused-ring (bicyclic) bond motifs is 1. The highest BCUT2D eigenvalue weighted by Gasteiger charge is 2.22. The van der Waals surface area contributed by atoms with Crippen LogP contribution in [0.25, 0.3) is 0 Å². The van der Waals surface area contributed by atoms with E-state index >= 15 is 0 Å². The first-order chi connectivity index (χ1) is 8.83. The summed E-state index contributed by atoms with van der Waals surface area (Å²) in [5.74, 6) is 2.81. The van der Waals surface area contributed by atoms with Crippen molar-refractivity contribution in [3.8, 4) is 5.75 Å². The average molecular weight is 264 g/mol. The largest absolute Gasteiger partial charge is 0.493 e. The first kappa shape index (κ1) is 11.9. The molecule has 0 aliphatic carbocycles. The quantitative estimate of drug-likeness (QED) is 0.851. The van der Waals surface area contributed by atoms with E-state index in [0.717, 1.165) is 36.0 Å². The number of benzene rings is 1. The Morgan fingerprint density at radius 1 is 1.56 bits per heavy atom. The number of carbonyl (C=O) groups is 1. The predicted octanol–water partition coefficient (Wildman–Crippen LogP) is 0.900. The molecule has 1 saturated heterocycles. The average Bonchev–Trinajstić information content (AvgIpc) is 3.05. The fourth-order valence-electron chi connectivity index (χ4n) is 2.23. The van der Waals surface area contributed by atoms with Crippen molar-refractivity contribution < 1.29 is 9.53 Å². The lowest BCUT2D eigenvalue weighted by Gasteiger charge is -2.11. The highest BCUT2D eigenvalue weighted by Crippen LogP contribution is 2.25. The Balaban J connectivity index is 1.58. The second-order valence-electron chi connectivity index (χ2n) is 4.53. The third kappa shape index (κ3) is 2.47. The van der Waals surface area contributed by atoms with E-state index in [1.165, 1.54) is 5.56 Å². The fraction of sp³-hybridized carbons (Fsp3) is 0.462. The molecule has 0 bridgehead atoms. The van der Waals surface area contributed by atoms with Gasteiger partial charge in [0.05, 0.1) is 12.6 Å². The molecule has 1 amide bonds. The smallest absolute Gasteiger partial charge is 0.238 e. The van der Waals surface area contributed by atoms with Gasteiger partial charge in [-0.2, -0.15) is 0 Å². The molecule has 4 nitrogen and oxygen atoms in total. The number of thioether (sulfide) groups is 1. The molecule has 1 aromatic carbocycles. The van der Waals surface area contributed by atoms with Gasteiger partial charge in [0.2, 0.25) is 5.91 Å². The van der Waals surface area contributed by atoms with E-state index in [2.05, 4.69) is 16.7 Å². The maximum atomic E-state index is 11.8. The molecule has 2 heterocycles. The molecule has 18 heavy (non-hydrogen) atoms. The van der Waals surface area contributed by atoms with Gasteiger partial charge in [-0.15, -0.1) is 11.8 Å². The Morgan fingerprint density at radius 2 is 2.50 bits per heavy atom. The molecule has 0 saturated carbocycles. The van der Waals surface area contributed by atoms with Crippen LogP contribution in [-0.2, 0) is 17.8 Å². The van der Waals surface area contributed by atoms with E-state index in [4.69, 9.17) is 4.74 Å². The van der Waals surface area contributed by atoms with Crippen molar-refractivity contribution in [3.05, 3.63) is 29.3 Å². The predicted molar refractivity (Wildman–Crippen MR) is 71.7 cm³/mol. The summed E-state index contributed by atoms with van der Waals surface area (Å²) in [5, 5.41) is 6.14. The lowest BCUT2D eigenvalue weighted by Crippen LogP contribution is -2.41. The molecule has 0 radical (unpaired) electrons. The molecule has 0 aromatic heterocycles. The highest BCUT2D eigenvalue weighted by molar-refractivity contribution is 7.99. The van der Waals surface area contributed by atoms with E-state index in [-0.39, 0.29) is 11.9 Å². The SMILES string of the molecule is O=C(NCc1ccc2c(c1)CCO2)C1CSCN1. The summed E-state index contributed by atoms with van der Waals surface area (Å²) >= 11 is 1.76. The Morgan fingerprint density at radius 3 is 3.33 bits per heavy atom. The van der Waals surface area contributed by atoms with E-state index in [9.17, 15) is 4.79 Å².